The van der Waals surface area contributed by atoms with Gasteiger partial charge in [-0.3, -0.25) is 0 Å². The van der Waals surface area contributed by atoms with Crippen LogP contribution in [-0.4, -0.2) is 0 Å². The smallest absolute Gasteiger partial charge is 0.203 e. The Labute approximate surface area is 280 Å². The van der Waals surface area contributed by atoms with E-state index in [2.05, 4.69) is 0 Å². The average Bonchev–Trinajstić information content (AvgIpc) is 3.75. The van der Waals surface area contributed by atoms with E-state index in [0.717, 1.165) is 18.2 Å². The van der Waals surface area contributed by atoms with Gasteiger partial charge in [0.1, 0.15) is 29.3 Å². The number of nitriles is 4. The van der Waals surface area contributed by atoms with Crippen LogP contribution >= 0.6 is 9.24 Å². The Bertz CT molecular complexity index is 2210. The number of rotatable bonds is 4. The van der Waals surface area contributed by atoms with Gasteiger partial charge in [-0.1, -0.05) is 15.3 Å². The van der Waals surface area contributed by atoms with Crippen LogP contribution in [0.1, 0.15) is 38.9 Å². The number of hydrogen-bond acceptors (Lipinski definition) is 4. The van der Waals surface area contributed by atoms with Gasteiger partial charge in [-0.25, -0.2) is 35.1 Å². The van der Waals surface area contributed by atoms with E-state index in [0.29, 0.717) is 21.4 Å². The molecule has 0 amide bonds. The van der Waals surface area contributed by atoms with Crippen molar-refractivity contribution in [3.05, 3.63) is 120 Å². The summed E-state index contributed by atoms with van der Waals surface area (Å²) in [5.41, 5.74) is -28.0. The van der Waals surface area contributed by atoms with Crippen LogP contribution in [0.5, 0.6) is 0 Å². The molecule has 1 fully saturated rings. The summed E-state index contributed by atoms with van der Waals surface area (Å²) in [5, 5.41) is 38.7. The Balaban J connectivity index is 2.32. The van der Waals surface area contributed by atoms with Gasteiger partial charge in [0.2, 0.25) is 0 Å². The van der Waals surface area contributed by atoms with E-state index in [1.807, 2.05) is 0 Å². The molecule has 0 saturated heterocycles. The highest BCUT2D eigenvalue weighted by Gasteiger charge is 2.48. The third-order valence-electron chi connectivity index (χ3n) is 7.15. The van der Waals surface area contributed by atoms with E-state index in [-0.39, 0.29) is 6.07 Å². The summed E-state index contributed by atoms with van der Waals surface area (Å²) < 4.78 is 228. The quantitative estimate of drug-likeness (QED) is 0.114. The molecule has 0 radical (unpaired) electrons. The van der Waals surface area contributed by atoms with E-state index in [4.69, 9.17) is 5.26 Å². The fraction of sp³-hybridized carbons (Fsp3) is 0.0968. The fourth-order valence-electron chi connectivity index (χ4n) is 4.95. The minimum atomic E-state index is -6.12. The van der Waals surface area contributed by atoms with Gasteiger partial charge in [0, 0.05) is 16.7 Å². The molecule has 3 aromatic rings. The number of benzene rings is 3. The van der Waals surface area contributed by atoms with Gasteiger partial charge in [-0.05, 0) is 17.7 Å². The highest BCUT2D eigenvalue weighted by atomic mass is 31.0. The molecule has 1 aliphatic carbocycles. The normalized spacial score (nSPS) is 16.0. The van der Waals surface area contributed by atoms with Crippen molar-refractivity contribution in [2.24, 2.45) is 0 Å². The Hall–Kier alpha value is -5.85. The summed E-state index contributed by atoms with van der Waals surface area (Å²) in [6, 6.07) is 5.20. The molecule has 3 aromatic carbocycles. The first-order chi connectivity index (χ1) is 23.9. The van der Waals surface area contributed by atoms with Gasteiger partial charge in [0.05, 0.1) is 45.0 Å². The second-order valence-corrected chi connectivity index (χ2v) is 10.8. The first kappa shape index (κ1) is 38.9. The molecule has 266 valence electrons. The highest BCUT2D eigenvalue weighted by Crippen LogP contribution is 2.57. The predicted octanol–water partition coefficient (Wildman–Crippen LogP) is 9.88. The summed E-state index contributed by atoms with van der Waals surface area (Å²) in [5.74, 6) is -23.6. The summed E-state index contributed by atoms with van der Waals surface area (Å²) in [7, 11) is 0.532. The molecule has 52 heavy (non-hydrogen) atoms. The number of nitrogens with zero attached hydrogens (tertiary/aromatic N) is 4. The van der Waals surface area contributed by atoms with Gasteiger partial charge in [-0.2, -0.15) is 56.2 Å². The lowest BCUT2D eigenvalue weighted by Crippen LogP contribution is -2.17. The molecule has 0 aliphatic heterocycles. The van der Waals surface area contributed by atoms with Crippen LogP contribution in [0.2, 0.25) is 0 Å². The summed E-state index contributed by atoms with van der Waals surface area (Å²) in [4.78, 5) is 0. The van der Waals surface area contributed by atoms with Crippen molar-refractivity contribution in [1.29, 1.82) is 21.0 Å². The predicted molar refractivity (Wildman–Crippen MR) is 145 cm³/mol. The van der Waals surface area contributed by atoms with Crippen molar-refractivity contribution >= 4 is 26.0 Å². The van der Waals surface area contributed by atoms with Gasteiger partial charge < -0.3 is 0 Å². The first-order valence-corrected chi connectivity index (χ1v) is 13.5. The summed E-state index contributed by atoms with van der Waals surface area (Å²) in [6.07, 6.45) is -11.5. The lowest BCUT2D eigenvalue weighted by atomic mass is 9.97. The fourth-order valence-corrected chi connectivity index (χ4v) is 5.21. The van der Waals surface area contributed by atoms with E-state index >= 15 is 17.6 Å². The maximum atomic E-state index is 15.2. The minimum Gasteiger partial charge on any atom is -0.203 e. The molecule has 1 atom stereocenters. The molecule has 0 spiro atoms. The topological polar surface area (TPSA) is 95.2 Å². The molecule has 1 aliphatic rings. The molecule has 4 nitrogen and oxygen atoms in total. The monoisotopic (exact) mass is 768 g/mol. The third kappa shape index (κ3) is 6.20. The van der Waals surface area contributed by atoms with Crippen molar-refractivity contribution in [1.82, 2.24) is 0 Å². The van der Waals surface area contributed by atoms with Gasteiger partial charge in [-0.15, -0.1) is 0 Å². The largest absolute Gasteiger partial charge is 0.422 e. The number of hydrogen-bond donors (Lipinski definition) is 0. The Morgan fingerprint density at radius 1 is 0.500 bits per heavy atom. The van der Waals surface area contributed by atoms with Crippen LogP contribution in [0.15, 0.2) is 34.9 Å². The molecule has 1 saturated carbocycles. The molecular formula is C31H5F16N4P. The van der Waals surface area contributed by atoms with Gasteiger partial charge in [0.15, 0.2) is 46.5 Å². The molecular weight excluding hydrogens is 763 g/mol. The molecule has 4 rings (SSSR count). The Kier molecular flexibility index (Phi) is 9.77. The third-order valence-corrected chi connectivity index (χ3v) is 7.44. The maximum absolute atomic E-state index is 15.2. The van der Waals surface area contributed by atoms with E-state index in [9.17, 15) is 68.5 Å². The molecule has 0 N–H and O–H groups in total. The SMILES string of the molecule is N#CC(=C1C(=C(C#N)c2c(F)c(F)c(C(F)(F)F)c(F)c2F)C1=C(C#N)c1c(F)c(F)c(C(F)(F)P)c(F)c1F)c1ccc(C#N)c(C(F)(F)F)c1. The maximum Gasteiger partial charge on any atom is 0.422 e. The lowest BCUT2D eigenvalue weighted by molar-refractivity contribution is -0.143. The Morgan fingerprint density at radius 3 is 1.17 bits per heavy atom. The number of alkyl halides is 8. The average molecular weight is 768 g/mol. The lowest BCUT2D eigenvalue weighted by Gasteiger charge is -2.16. The molecule has 0 heterocycles. The number of allylic oxidation sites excluding steroid dienone is 6. The number of halogens is 16. The highest BCUT2D eigenvalue weighted by molar-refractivity contribution is 7.17. The van der Waals surface area contributed by atoms with E-state index < -0.39 is 137 Å². The van der Waals surface area contributed by atoms with Crippen molar-refractivity contribution in [3.63, 3.8) is 0 Å². The zero-order chi connectivity index (χ0) is 39.6. The standard InChI is InChI=1S/C31H5F16N4P/c32-21-17(22(33)26(37)19(25(21)36)30(43,44)45)11(6-50)15-14(10(5-49)8-1-2-9(4-48)13(3-8)29(40,41)42)16(15)12(7-51)18-23(34)27(38)20(31(46,47)52)28(39)24(18)35/h1-3H,52H2. The minimum absolute atomic E-state index is 0.0602. The van der Waals surface area contributed by atoms with E-state index in [1.165, 1.54) is 6.07 Å². The van der Waals surface area contributed by atoms with Crippen molar-refractivity contribution in [2.75, 3.05) is 0 Å². The first-order valence-electron chi connectivity index (χ1n) is 12.9. The zero-order valence-corrected chi connectivity index (χ0v) is 25.3. The van der Waals surface area contributed by atoms with Crippen molar-refractivity contribution < 1.29 is 70.2 Å². The van der Waals surface area contributed by atoms with E-state index in [1.54, 1.807) is 0 Å². The molecule has 0 aromatic heterocycles. The Morgan fingerprint density at radius 2 is 0.865 bits per heavy atom. The van der Waals surface area contributed by atoms with Crippen LogP contribution in [0, 0.1) is 91.9 Å². The second-order valence-electron chi connectivity index (χ2n) is 10.1. The van der Waals surface area contributed by atoms with Crippen LogP contribution in [-0.2, 0) is 18.0 Å². The molecule has 0 bridgehead atoms. The van der Waals surface area contributed by atoms with Crippen LogP contribution < -0.4 is 0 Å². The van der Waals surface area contributed by atoms with Crippen LogP contribution in [0.25, 0.3) is 16.7 Å². The van der Waals surface area contributed by atoms with Crippen molar-refractivity contribution in [2.45, 2.75) is 18.0 Å². The van der Waals surface area contributed by atoms with Crippen molar-refractivity contribution in [3.8, 4) is 24.3 Å². The van der Waals surface area contributed by atoms with Gasteiger partial charge in [0.25, 0.3) is 5.66 Å². The summed E-state index contributed by atoms with van der Waals surface area (Å²) in [6.45, 7) is 0. The van der Waals surface area contributed by atoms with Crippen LogP contribution in [0.4, 0.5) is 70.2 Å². The second kappa shape index (κ2) is 13.0. The molecule has 1 unspecified atom stereocenters. The van der Waals surface area contributed by atoms with Gasteiger partial charge >= 0.3 is 12.4 Å². The molecule has 21 heteroatoms. The summed E-state index contributed by atoms with van der Waals surface area (Å²) >= 11 is 0. The van der Waals surface area contributed by atoms with Crippen LogP contribution in [0.3, 0.4) is 0 Å². The zero-order valence-electron chi connectivity index (χ0n) is 24.1.